The van der Waals surface area contributed by atoms with Gasteiger partial charge in [-0.25, -0.2) is 24.4 Å². The zero-order valence-corrected chi connectivity index (χ0v) is 18.2. The molecule has 4 N–H and O–H groups in total. The number of hydrogen-bond acceptors (Lipinski definition) is 7. The van der Waals surface area contributed by atoms with E-state index in [2.05, 4.69) is 20.3 Å². The molecule has 0 saturated carbocycles. The van der Waals surface area contributed by atoms with E-state index in [1.54, 1.807) is 0 Å². The molecular formula is C22H14F3N5O7. The highest BCUT2D eigenvalue weighted by Crippen LogP contribution is 2.35. The molecule has 190 valence electrons. The molecule has 2 aromatic heterocycles. The second kappa shape index (κ2) is 9.44. The number of anilines is 1. The van der Waals surface area contributed by atoms with Crippen LogP contribution in [-0.4, -0.2) is 47.8 Å². The Morgan fingerprint density at radius 3 is 2.41 bits per heavy atom. The fourth-order valence-corrected chi connectivity index (χ4v) is 3.27. The van der Waals surface area contributed by atoms with E-state index in [0.29, 0.717) is 6.07 Å². The Morgan fingerprint density at radius 1 is 1.08 bits per heavy atom. The molecule has 0 radical (unpaired) electrons. The molecule has 1 amide bonds. The van der Waals surface area contributed by atoms with Gasteiger partial charge in [-0.15, -0.1) is 0 Å². The lowest BCUT2D eigenvalue weighted by atomic mass is 10.1. The van der Waals surface area contributed by atoms with Crippen LogP contribution in [0.15, 0.2) is 53.7 Å². The number of nitrogens with zero attached hydrogens (tertiary/aromatic N) is 3. The standard InChI is InChI=1S/C22H14F3N5O7/c23-22(24,25)13-5-14-15(28-17(20(34)35)18(31)29-14)6-16(13)30-7-12(26-9-30)8-37-21(36)27-11-3-1-10(2-4-11)19(32)33/h1-7,9H,8H2,(H,27,36)(H,29,31)(H,32,33)(H,34,35). The van der Waals surface area contributed by atoms with Crippen LogP contribution in [0.2, 0.25) is 0 Å². The predicted molar refractivity (Wildman–Crippen MR) is 119 cm³/mol. The molecule has 2 aromatic carbocycles. The number of aromatic carboxylic acids is 2. The lowest BCUT2D eigenvalue weighted by Crippen LogP contribution is -2.20. The first-order valence-corrected chi connectivity index (χ1v) is 10.1. The number of carboxylic acid groups (broad SMARTS) is 2. The Morgan fingerprint density at radius 2 is 1.78 bits per heavy atom. The third-order valence-electron chi connectivity index (χ3n) is 4.96. The summed E-state index contributed by atoms with van der Waals surface area (Å²) in [5.74, 6) is -2.79. The summed E-state index contributed by atoms with van der Waals surface area (Å²) in [6.45, 7) is -0.421. The molecule has 0 bridgehead atoms. The van der Waals surface area contributed by atoms with Crippen molar-refractivity contribution in [3.05, 3.63) is 81.8 Å². The van der Waals surface area contributed by atoms with E-state index in [4.69, 9.17) is 14.9 Å². The number of rotatable bonds is 6. The molecular weight excluding hydrogens is 503 g/mol. The number of ether oxygens (including phenoxy) is 1. The van der Waals surface area contributed by atoms with E-state index >= 15 is 0 Å². The van der Waals surface area contributed by atoms with Crippen molar-refractivity contribution in [3.63, 3.8) is 0 Å². The van der Waals surface area contributed by atoms with Gasteiger partial charge in [-0.1, -0.05) is 0 Å². The maximum Gasteiger partial charge on any atom is 0.418 e. The van der Waals surface area contributed by atoms with Crippen molar-refractivity contribution in [1.29, 1.82) is 0 Å². The maximum atomic E-state index is 13.8. The van der Waals surface area contributed by atoms with E-state index in [1.807, 2.05) is 0 Å². The van der Waals surface area contributed by atoms with Crippen LogP contribution in [0.5, 0.6) is 0 Å². The molecule has 0 atom stereocenters. The van der Waals surface area contributed by atoms with Crippen LogP contribution >= 0.6 is 0 Å². The number of fused-ring (bicyclic) bond motifs is 1. The topological polar surface area (TPSA) is 176 Å². The minimum absolute atomic E-state index is 0.0112. The number of benzene rings is 2. The van der Waals surface area contributed by atoms with Gasteiger partial charge in [0.15, 0.2) is 0 Å². The van der Waals surface area contributed by atoms with Gasteiger partial charge in [0.1, 0.15) is 6.61 Å². The van der Waals surface area contributed by atoms with E-state index < -0.39 is 53.3 Å². The number of aromatic nitrogens is 4. The normalized spacial score (nSPS) is 11.3. The van der Waals surface area contributed by atoms with Gasteiger partial charge in [-0.05, 0) is 36.4 Å². The number of nitrogens with one attached hydrogen (secondary N) is 2. The predicted octanol–water partition coefficient (Wildman–Crippen LogP) is 3.27. The van der Waals surface area contributed by atoms with Crippen LogP contribution in [0.25, 0.3) is 16.7 Å². The average molecular weight is 517 g/mol. The third-order valence-corrected chi connectivity index (χ3v) is 4.96. The first-order valence-electron chi connectivity index (χ1n) is 10.1. The van der Waals surface area contributed by atoms with E-state index in [1.165, 1.54) is 24.3 Å². The number of carbonyl (C=O) groups excluding carboxylic acids is 1. The second-order valence-electron chi connectivity index (χ2n) is 7.46. The lowest BCUT2D eigenvalue weighted by Gasteiger charge is -2.14. The minimum Gasteiger partial charge on any atom is -0.478 e. The van der Waals surface area contributed by atoms with E-state index in [0.717, 1.165) is 23.2 Å². The molecule has 4 rings (SSSR count). The lowest BCUT2D eigenvalue weighted by molar-refractivity contribution is -0.137. The number of alkyl halides is 3. The zero-order chi connectivity index (χ0) is 26.9. The third kappa shape index (κ3) is 5.39. The Hall–Kier alpha value is -5.21. The van der Waals surface area contributed by atoms with Crippen molar-refractivity contribution < 1.29 is 42.5 Å². The van der Waals surface area contributed by atoms with E-state index in [9.17, 15) is 32.3 Å². The molecule has 0 aliphatic rings. The second-order valence-corrected chi connectivity index (χ2v) is 7.46. The van der Waals surface area contributed by atoms with Crippen LogP contribution in [0, 0.1) is 0 Å². The van der Waals surface area contributed by atoms with Crippen LogP contribution < -0.4 is 10.9 Å². The fourth-order valence-electron chi connectivity index (χ4n) is 3.27. The van der Waals surface area contributed by atoms with Gasteiger partial charge in [0.2, 0.25) is 5.69 Å². The highest BCUT2D eigenvalue weighted by Gasteiger charge is 2.35. The maximum absolute atomic E-state index is 13.8. The number of H-pyrrole nitrogens is 1. The highest BCUT2D eigenvalue weighted by molar-refractivity contribution is 5.90. The molecule has 0 fully saturated rings. The van der Waals surface area contributed by atoms with Crippen molar-refractivity contribution in [2.45, 2.75) is 12.8 Å². The molecule has 12 nitrogen and oxygen atoms in total. The van der Waals surface area contributed by atoms with Crippen molar-refractivity contribution >= 4 is 34.8 Å². The quantitative estimate of drug-likeness (QED) is 0.299. The van der Waals surface area contributed by atoms with Gasteiger partial charge in [-0.2, -0.15) is 13.2 Å². The van der Waals surface area contributed by atoms with Gasteiger partial charge in [0.05, 0.1) is 39.9 Å². The van der Waals surface area contributed by atoms with Crippen molar-refractivity contribution in [2.24, 2.45) is 0 Å². The molecule has 0 aliphatic carbocycles. The number of carbonyl (C=O) groups is 3. The number of aromatic amines is 1. The van der Waals surface area contributed by atoms with Crippen molar-refractivity contribution in [1.82, 2.24) is 19.5 Å². The fraction of sp³-hybridized carbons (Fsp3) is 0.0909. The number of hydrogen-bond donors (Lipinski definition) is 4. The molecule has 0 saturated heterocycles. The van der Waals surface area contributed by atoms with E-state index in [-0.39, 0.29) is 28.0 Å². The molecule has 15 heteroatoms. The smallest absolute Gasteiger partial charge is 0.418 e. The Bertz CT molecular complexity index is 1590. The number of halogens is 3. The summed E-state index contributed by atoms with van der Waals surface area (Å²) >= 11 is 0. The number of amides is 1. The van der Waals surface area contributed by atoms with Crippen molar-refractivity contribution in [3.8, 4) is 5.69 Å². The van der Waals surface area contributed by atoms with Gasteiger partial charge < -0.3 is 24.5 Å². The average Bonchev–Trinajstić information content (AvgIpc) is 3.30. The van der Waals surface area contributed by atoms with Gasteiger partial charge in [0.25, 0.3) is 5.56 Å². The van der Waals surface area contributed by atoms with Gasteiger partial charge in [-0.3, -0.25) is 10.1 Å². The van der Waals surface area contributed by atoms with Crippen LogP contribution in [0.3, 0.4) is 0 Å². The molecule has 4 aromatic rings. The number of imidazole rings is 1. The van der Waals surface area contributed by atoms with Gasteiger partial charge >= 0.3 is 24.2 Å². The summed E-state index contributed by atoms with van der Waals surface area (Å²) in [6.07, 6.45) is -3.59. The summed E-state index contributed by atoms with van der Waals surface area (Å²) in [6, 6.07) is 6.80. The summed E-state index contributed by atoms with van der Waals surface area (Å²) in [5, 5.41) is 20.3. The molecule has 0 aliphatic heterocycles. The summed E-state index contributed by atoms with van der Waals surface area (Å²) in [7, 11) is 0. The minimum atomic E-state index is -4.86. The van der Waals surface area contributed by atoms with Crippen LogP contribution in [0.4, 0.5) is 23.7 Å². The summed E-state index contributed by atoms with van der Waals surface area (Å²) < 4.78 is 47.3. The van der Waals surface area contributed by atoms with Crippen molar-refractivity contribution in [2.75, 3.05) is 5.32 Å². The Labute approximate surface area is 203 Å². The Kier molecular flexibility index (Phi) is 6.36. The largest absolute Gasteiger partial charge is 0.478 e. The van der Waals surface area contributed by atoms with Gasteiger partial charge in [0, 0.05) is 11.9 Å². The molecule has 0 spiro atoms. The molecule has 37 heavy (non-hydrogen) atoms. The first-order chi connectivity index (χ1) is 17.4. The highest BCUT2D eigenvalue weighted by atomic mass is 19.4. The monoisotopic (exact) mass is 517 g/mol. The van der Waals surface area contributed by atoms with Crippen LogP contribution in [0.1, 0.15) is 32.1 Å². The SMILES string of the molecule is O=C(Nc1ccc(C(=O)O)cc1)OCc1cn(-c2cc3nc(C(=O)O)c(=O)[nH]c3cc2C(F)(F)F)cn1. The first kappa shape index (κ1) is 24.9. The summed E-state index contributed by atoms with van der Waals surface area (Å²) in [5.41, 5.74) is -3.85. The Balaban J connectivity index is 1.56. The summed E-state index contributed by atoms with van der Waals surface area (Å²) in [4.78, 5) is 55.5. The molecule has 2 heterocycles. The molecule has 0 unspecified atom stereocenters. The van der Waals surface area contributed by atoms with Crippen LogP contribution in [-0.2, 0) is 17.5 Å². The number of carboxylic acids is 2. The zero-order valence-electron chi connectivity index (χ0n) is 18.2.